The molecular formula is C9H14N4O2S. The van der Waals surface area contributed by atoms with Crippen molar-refractivity contribution in [1.82, 2.24) is 14.9 Å². The van der Waals surface area contributed by atoms with Gasteiger partial charge in [0.1, 0.15) is 11.1 Å². The number of hydrogen-bond donors (Lipinski definition) is 2. The van der Waals surface area contributed by atoms with E-state index in [2.05, 4.69) is 10.2 Å². The van der Waals surface area contributed by atoms with E-state index in [9.17, 15) is 9.90 Å². The van der Waals surface area contributed by atoms with Crippen molar-refractivity contribution in [2.45, 2.75) is 42.0 Å². The van der Waals surface area contributed by atoms with Crippen LogP contribution < -0.4 is 5.84 Å². The molecule has 0 unspecified atom stereocenters. The molecular weight excluding hydrogens is 228 g/mol. The van der Waals surface area contributed by atoms with Gasteiger partial charge in [-0.2, -0.15) is 0 Å². The molecule has 3 N–H and O–H groups in total. The fourth-order valence-corrected chi connectivity index (χ4v) is 3.13. The average Bonchev–Trinajstić information content (AvgIpc) is 2.65. The second-order valence-electron chi connectivity index (χ2n) is 3.98. The first-order valence-electron chi connectivity index (χ1n) is 5.21. The number of carbonyl (C=O) groups is 1. The molecule has 0 atom stereocenters. The van der Waals surface area contributed by atoms with Crippen LogP contribution in [0.4, 0.5) is 0 Å². The molecule has 2 rings (SSSR count). The minimum absolute atomic E-state index is 0.462. The number of aliphatic carboxylic acids is 1. The van der Waals surface area contributed by atoms with Crippen LogP contribution in [0, 0.1) is 0 Å². The van der Waals surface area contributed by atoms with E-state index in [1.165, 1.54) is 22.8 Å². The number of nitrogens with two attached hydrogens (primary N) is 1. The van der Waals surface area contributed by atoms with Crippen LogP contribution in [0.3, 0.4) is 0 Å². The van der Waals surface area contributed by atoms with Gasteiger partial charge in [-0.15, -0.1) is 10.2 Å². The van der Waals surface area contributed by atoms with Crippen molar-refractivity contribution < 1.29 is 9.90 Å². The largest absolute Gasteiger partial charge is 0.480 e. The molecule has 0 bridgehead atoms. The quantitative estimate of drug-likeness (QED) is 0.764. The van der Waals surface area contributed by atoms with E-state index in [0.29, 0.717) is 18.0 Å². The standard InChI is InChI=1S/C9H14N4O2S/c10-13-6-11-12-8(13)16-9(7(14)15)4-2-1-3-5-9/h6H,1-5,10H2,(H,14,15). The molecule has 1 saturated carbocycles. The third-order valence-electron chi connectivity index (χ3n) is 2.88. The molecule has 1 fully saturated rings. The molecule has 1 aromatic rings. The first-order chi connectivity index (χ1) is 7.64. The van der Waals surface area contributed by atoms with Gasteiger partial charge in [-0.1, -0.05) is 31.0 Å². The number of carboxylic acid groups (broad SMARTS) is 1. The predicted molar refractivity (Wildman–Crippen MR) is 59.5 cm³/mol. The monoisotopic (exact) mass is 242 g/mol. The molecule has 1 heterocycles. The smallest absolute Gasteiger partial charge is 0.320 e. The Morgan fingerprint density at radius 1 is 1.50 bits per heavy atom. The lowest BCUT2D eigenvalue weighted by atomic mass is 9.88. The van der Waals surface area contributed by atoms with Gasteiger partial charge in [0.2, 0.25) is 5.16 Å². The molecule has 1 aliphatic carbocycles. The molecule has 0 amide bonds. The third-order valence-corrected chi connectivity index (χ3v) is 4.33. The molecule has 0 aromatic carbocycles. The Kier molecular flexibility index (Phi) is 3.04. The fraction of sp³-hybridized carbons (Fsp3) is 0.667. The summed E-state index contributed by atoms with van der Waals surface area (Å²) < 4.78 is 0.492. The van der Waals surface area contributed by atoms with Crippen LogP contribution in [0.25, 0.3) is 0 Å². The van der Waals surface area contributed by atoms with Gasteiger partial charge in [-0.25, -0.2) is 4.68 Å². The highest BCUT2D eigenvalue weighted by Crippen LogP contribution is 2.43. The van der Waals surface area contributed by atoms with Crippen molar-refractivity contribution in [1.29, 1.82) is 0 Å². The van der Waals surface area contributed by atoms with Crippen molar-refractivity contribution in [3.63, 3.8) is 0 Å². The van der Waals surface area contributed by atoms with E-state index in [1.54, 1.807) is 0 Å². The predicted octanol–water partition coefficient (Wildman–Crippen LogP) is 0.871. The number of hydrogen-bond acceptors (Lipinski definition) is 5. The maximum absolute atomic E-state index is 11.4. The van der Waals surface area contributed by atoms with E-state index in [0.717, 1.165) is 19.3 Å². The highest BCUT2D eigenvalue weighted by molar-refractivity contribution is 8.01. The number of aromatic nitrogens is 3. The number of nitrogen functional groups attached to an aromatic ring is 1. The molecule has 0 radical (unpaired) electrons. The van der Waals surface area contributed by atoms with Crippen molar-refractivity contribution >= 4 is 17.7 Å². The summed E-state index contributed by atoms with van der Waals surface area (Å²) in [6.07, 6.45) is 5.70. The topological polar surface area (TPSA) is 94.0 Å². The molecule has 88 valence electrons. The summed E-state index contributed by atoms with van der Waals surface area (Å²) in [7, 11) is 0. The Hall–Kier alpha value is -1.24. The second-order valence-corrected chi connectivity index (χ2v) is 5.33. The number of rotatable bonds is 3. The fourth-order valence-electron chi connectivity index (χ4n) is 1.96. The lowest BCUT2D eigenvalue weighted by molar-refractivity contribution is -0.140. The van der Waals surface area contributed by atoms with Gasteiger partial charge in [0, 0.05) is 0 Å². The zero-order chi connectivity index (χ0) is 11.6. The van der Waals surface area contributed by atoms with Gasteiger partial charge in [-0.3, -0.25) is 4.79 Å². The van der Waals surface area contributed by atoms with Crippen LogP contribution in [0.2, 0.25) is 0 Å². The summed E-state index contributed by atoms with van der Waals surface area (Å²) in [5.41, 5.74) is 0. The lowest BCUT2D eigenvalue weighted by Gasteiger charge is -2.31. The first-order valence-corrected chi connectivity index (χ1v) is 6.03. The Morgan fingerprint density at radius 3 is 2.69 bits per heavy atom. The summed E-state index contributed by atoms with van der Waals surface area (Å²) in [5.74, 6) is 4.82. The highest BCUT2D eigenvalue weighted by atomic mass is 32.2. The zero-order valence-electron chi connectivity index (χ0n) is 8.80. The summed E-state index contributed by atoms with van der Waals surface area (Å²) >= 11 is 1.22. The van der Waals surface area contributed by atoms with E-state index in [-0.39, 0.29) is 0 Å². The Morgan fingerprint density at radius 2 is 2.19 bits per heavy atom. The SMILES string of the molecule is Nn1cnnc1SC1(C(=O)O)CCCCC1. The third kappa shape index (κ3) is 1.99. The van der Waals surface area contributed by atoms with Gasteiger partial charge >= 0.3 is 5.97 Å². The maximum atomic E-state index is 11.4. The lowest BCUT2D eigenvalue weighted by Crippen LogP contribution is -2.37. The highest BCUT2D eigenvalue weighted by Gasteiger charge is 2.42. The number of nitrogens with zero attached hydrogens (tertiary/aromatic N) is 3. The maximum Gasteiger partial charge on any atom is 0.320 e. The average molecular weight is 242 g/mol. The van der Waals surface area contributed by atoms with Crippen LogP contribution in [-0.4, -0.2) is 30.7 Å². The molecule has 1 aliphatic rings. The summed E-state index contributed by atoms with van der Waals surface area (Å²) in [6, 6.07) is 0. The molecule has 6 nitrogen and oxygen atoms in total. The van der Waals surface area contributed by atoms with Crippen LogP contribution in [0.1, 0.15) is 32.1 Å². The second kappa shape index (κ2) is 4.32. The van der Waals surface area contributed by atoms with Crippen LogP contribution in [-0.2, 0) is 4.79 Å². The normalized spacial score (nSPS) is 19.5. The van der Waals surface area contributed by atoms with Gasteiger partial charge in [0.05, 0.1) is 0 Å². The van der Waals surface area contributed by atoms with Gasteiger partial charge in [0.15, 0.2) is 0 Å². The molecule has 16 heavy (non-hydrogen) atoms. The zero-order valence-corrected chi connectivity index (χ0v) is 9.61. The summed E-state index contributed by atoms with van der Waals surface area (Å²) in [4.78, 5) is 11.4. The minimum Gasteiger partial charge on any atom is -0.480 e. The van der Waals surface area contributed by atoms with Gasteiger partial charge in [0.25, 0.3) is 0 Å². The molecule has 1 aromatic heterocycles. The van der Waals surface area contributed by atoms with Crippen molar-refractivity contribution in [3.8, 4) is 0 Å². The summed E-state index contributed by atoms with van der Waals surface area (Å²) in [5, 5.41) is 17.3. The molecule has 0 aliphatic heterocycles. The minimum atomic E-state index is -0.778. The van der Waals surface area contributed by atoms with Crippen molar-refractivity contribution in [3.05, 3.63) is 6.33 Å². The summed E-state index contributed by atoms with van der Waals surface area (Å²) in [6.45, 7) is 0. The Bertz CT molecular complexity index is 387. The van der Waals surface area contributed by atoms with Crippen molar-refractivity contribution in [2.75, 3.05) is 5.84 Å². The molecule has 7 heteroatoms. The number of thioether (sulfide) groups is 1. The van der Waals surface area contributed by atoms with Crippen molar-refractivity contribution in [2.24, 2.45) is 0 Å². The van der Waals surface area contributed by atoms with Crippen LogP contribution in [0.15, 0.2) is 11.5 Å². The van der Waals surface area contributed by atoms with E-state index in [4.69, 9.17) is 5.84 Å². The Balaban J connectivity index is 2.20. The first kappa shape index (κ1) is 11.3. The molecule has 0 saturated heterocycles. The van der Waals surface area contributed by atoms with E-state index >= 15 is 0 Å². The van der Waals surface area contributed by atoms with Crippen LogP contribution >= 0.6 is 11.8 Å². The number of carboxylic acids is 1. The van der Waals surface area contributed by atoms with Gasteiger partial charge in [-0.05, 0) is 12.8 Å². The van der Waals surface area contributed by atoms with Gasteiger partial charge < -0.3 is 10.9 Å². The van der Waals surface area contributed by atoms with E-state index < -0.39 is 10.7 Å². The van der Waals surface area contributed by atoms with Crippen LogP contribution in [0.5, 0.6) is 0 Å². The van der Waals surface area contributed by atoms with E-state index in [1.807, 2.05) is 0 Å². The molecule has 0 spiro atoms. The Labute approximate surface area is 97.2 Å².